The zero-order chi connectivity index (χ0) is 14.2. The van der Waals surface area contributed by atoms with Crippen molar-refractivity contribution >= 4 is 5.97 Å². The van der Waals surface area contributed by atoms with Crippen LogP contribution < -0.4 is 0 Å². The highest BCUT2D eigenvalue weighted by molar-refractivity contribution is 5.88. The average Bonchev–Trinajstić information content (AvgIpc) is 3.08. The Bertz CT molecular complexity index is 642. The molecule has 1 fully saturated rings. The number of benzene rings is 1. The lowest BCUT2D eigenvalue weighted by Crippen LogP contribution is -2.17. The molecule has 0 spiro atoms. The third kappa shape index (κ3) is 2.19. The van der Waals surface area contributed by atoms with Crippen LogP contribution >= 0.6 is 0 Å². The van der Waals surface area contributed by atoms with Crippen LogP contribution in [0.15, 0.2) is 28.7 Å². The molecule has 0 saturated heterocycles. The van der Waals surface area contributed by atoms with Gasteiger partial charge in [0.15, 0.2) is 0 Å². The van der Waals surface area contributed by atoms with Crippen LogP contribution in [0.3, 0.4) is 0 Å². The van der Waals surface area contributed by atoms with Gasteiger partial charge in [0.1, 0.15) is 0 Å². The van der Waals surface area contributed by atoms with E-state index in [4.69, 9.17) is 9.52 Å². The first-order valence-electron chi connectivity index (χ1n) is 6.76. The number of hydrogen-bond donors (Lipinski definition) is 1. The molecule has 0 unspecified atom stereocenters. The topological polar surface area (TPSA) is 76.2 Å². The fraction of sp³-hybridized carbons (Fsp3) is 0.400. The van der Waals surface area contributed by atoms with Gasteiger partial charge in [-0.3, -0.25) is 0 Å². The smallest absolute Gasteiger partial charge is 0.335 e. The maximum atomic E-state index is 11.0. The van der Waals surface area contributed by atoms with Crippen molar-refractivity contribution < 1.29 is 14.3 Å². The SMILES string of the molecule is CC1(c2nnc(-c3cccc(C(=O)O)c3)o2)CCCC1. The van der Waals surface area contributed by atoms with Crippen LogP contribution in [0.5, 0.6) is 0 Å². The van der Waals surface area contributed by atoms with Crippen molar-refractivity contribution in [2.45, 2.75) is 38.0 Å². The number of aromatic nitrogens is 2. The lowest BCUT2D eigenvalue weighted by atomic mass is 9.89. The van der Waals surface area contributed by atoms with E-state index in [1.54, 1.807) is 24.3 Å². The van der Waals surface area contributed by atoms with Crippen LogP contribution in [0.25, 0.3) is 11.5 Å². The molecule has 0 amide bonds. The van der Waals surface area contributed by atoms with Gasteiger partial charge in [-0.25, -0.2) is 4.79 Å². The minimum Gasteiger partial charge on any atom is -0.478 e. The summed E-state index contributed by atoms with van der Waals surface area (Å²) in [4.78, 5) is 11.0. The molecule has 0 radical (unpaired) electrons. The van der Waals surface area contributed by atoms with Gasteiger partial charge in [-0.2, -0.15) is 0 Å². The highest BCUT2D eigenvalue weighted by atomic mass is 16.4. The van der Waals surface area contributed by atoms with E-state index in [9.17, 15) is 4.79 Å². The summed E-state index contributed by atoms with van der Waals surface area (Å²) in [6.45, 7) is 2.14. The van der Waals surface area contributed by atoms with Crippen molar-refractivity contribution in [1.82, 2.24) is 10.2 Å². The first kappa shape index (κ1) is 12.8. The summed E-state index contributed by atoms with van der Waals surface area (Å²) >= 11 is 0. The summed E-state index contributed by atoms with van der Waals surface area (Å²) in [5, 5.41) is 17.2. The van der Waals surface area contributed by atoms with E-state index in [1.165, 1.54) is 12.8 Å². The largest absolute Gasteiger partial charge is 0.478 e. The van der Waals surface area contributed by atoms with Crippen molar-refractivity contribution in [2.24, 2.45) is 0 Å². The van der Waals surface area contributed by atoms with Crippen LogP contribution in [-0.2, 0) is 5.41 Å². The van der Waals surface area contributed by atoms with E-state index in [0.29, 0.717) is 17.3 Å². The zero-order valence-corrected chi connectivity index (χ0v) is 11.3. The molecule has 5 heteroatoms. The van der Waals surface area contributed by atoms with Gasteiger partial charge >= 0.3 is 5.97 Å². The first-order valence-corrected chi connectivity index (χ1v) is 6.76. The number of nitrogens with zero attached hydrogens (tertiary/aromatic N) is 2. The van der Waals surface area contributed by atoms with Crippen molar-refractivity contribution in [3.63, 3.8) is 0 Å². The standard InChI is InChI=1S/C15H16N2O3/c1-15(7-2-3-8-15)14-17-16-12(20-14)10-5-4-6-11(9-10)13(18)19/h4-6,9H,2-3,7-8H2,1H3,(H,18,19). The van der Waals surface area contributed by atoms with Gasteiger partial charge in [0, 0.05) is 11.0 Å². The number of rotatable bonds is 3. The van der Waals surface area contributed by atoms with E-state index >= 15 is 0 Å². The molecule has 0 atom stereocenters. The summed E-state index contributed by atoms with van der Waals surface area (Å²) in [5.74, 6) is 0.0799. The van der Waals surface area contributed by atoms with Gasteiger partial charge in [0.2, 0.25) is 11.8 Å². The Labute approximate surface area is 116 Å². The highest BCUT2D eigenvalue weighted by Crippen LogP contribution is 2.40. The minimum absolute atomic E-state index is 0.0321. The first-order chi connectivity index (χ1) is 9.58. The van der Waals surface area contributed by atoms with E-state index in [0.717, 1.165) is 12.8 Å². The lowest BCUT2D eigenvalue weighted by Gasteiger charge is -2.17. The molecule has 1 aliphatic rings. The second-order valence-electron chi connectivity index (χ2n) is 5.57. The minimum atomic E-state index is -0.964. The molecule has 1 heterocycles. The molecule has 20 heavy (non-hydrogen) atoms. The fourth-order valence-corrected chi connectivity index (χ4v) is 2.74. The average molecular weight is 272 g/mol. The Balaban J connectivity index is 1.94. The Hall–Kier alpha value is -2.17. The maximum Gasteiger partial charge on any atom is 0.335 e. The molecule has 0 bridgehead atoms. The molecule has 1 N–H and O–H groups in total. The summed E-state index contributed by atoms with van der Waals surface area (Å²) in [7, 11) is 0. The van der Waals surface area contributed by atoms with Gasteiger partial charge in [0.25, 0.3) is 0 Å². The number of carboxylic acid groups (broad SMARTS) is 1. The number of carboxylic acids is 1. The van der Waals surface area contributed by atoms with Gasteiger partial charge in [-0.15, -0.1) is 10.2 Å². The number of hydrogen-bond acceptors (Lipinski definition) is 4. The molecular weight excluding hydrogens is 256 g/mol. The van der Waals surface area contributed by atoms with E-state index < -0.39 is 5.97 Å². The molecule has 1 aliphatic carbocycles. The quantitative estimate of drug-likeness (QED) is 0.928. The predicted molar refractivity (Wildman–Crippen MR) is 72.5 cm³/mol. The Morgan fingerprint density at radius 2 is 2.05 bits per heavy atom. The van der Waals surface area contributed by atoms with Crippen LogP contribution in [0, 0.1) is 0 Å². The highest BCUT2D eigenvalue weighted by Gasteiger charge is 2.35. The third-order valence-corrected chi connectivity index (χ3v) is 4.00. The maximum absolute atomic E-state index is 11.0. The van der Waals surface area contributed by atoms with Crippen LogP contribution in [-0.4, -0.2) is 21.3 Å². The molecule has 1 aromatic carbocycles. The molecule has 104 valence electrons. The normalized spacial score (nSPS) is 17.2. The summed E-state index contributed by atoms with van der Waals surface area (Å²) in [6.07, 6.45) is 4.49. The monoisotopic (exact) mass is 272 g/mol. The zero-order valence-electron chi connectivity index (χ0n) is 11.3. The number of carbonyl (C=O) groups is 1. The molecule has 1 aromatic heterocycles. The van der Waals surface area contributed by atoms with Crippen molar-refractivity contribution in [3.05, 3.63) is 35.7 Å². The Morgan fingerprint density at radius 3 is 2.75 bits per heavy atom. The van der Waals surface area contributed by atoms with E-state index in [2.05, 4.69) is 17.1 Å². The third-order valence-electron chi connectivity index (χ3n) is 4.00. The van der Waals surface area contributed by atoms with E-state index in [-0.39, 0.29) is 11.0 Å². The molecule has 5 nitrogen and oxygen atoms in total. The van der Waals surface area contributed by atoms with Crippen molar-refractivity contribution in [1.29, 1.82) is 0 Å². The second kappa shape index (κ2) is 4.74. The number of aromatic carboxylic acids is 1. The van der Waals surface area contributed by atoms with Gasteiger partial charge in [-0.1, -0.05) is 25.8 Å². The Morgan fingerprint density at radius 1 is 1.30 bits per heavy atom. The molecule has 2 aromatic rings. The summed E-state index contributed by atoms with van der Waals surface area (Å²) < 4.78 is 5.78. The molecule has 3 rings (SSSR count). The molecule has 0 aliphatic heterocycles. The van der Waals surface area contributed by atoms with Crippen LogP contribution in [0.2, 0.25) is 0 Å². The molecule has 1 saturated carbocycles. The fourth-order valence-electron chi connectivity index (χ4n) is 2.74. The van der Waals surface area contributed by atoms with Crippen molar-refractivity contribution in [3.8, 4) is 11.5 Å². The molecular formula is C15H16N2O3. The van der Waals surface area contributed by atoms with Gasteiger partial charge < -0.3 is 9.52 Å². The predicted octanol–water partition coefficient (Wildman–Crippen LogP) is 3.27. The van der Waals surface area contributed by atoms with Gasteiger partial charge in [-0.05, 0) is 31.0 Å². The summed E-state index contributed by atoms with van der Waals surface area (Å²) in [5.41, 5.74) is 0.829. The second-order valence-corrected chi connectivity index (χ2v) is 5.57. The van der Waals surface area contributed by atoms with Crippen LogP contribution in [0.4, 0.5) is 0 Å². The van der Waals surface area contributed by atoms with E-state index in [1.807, 2.05) is 0 Å². The van der Waals surface area contributed by atoms with Crippen molar-refractivity contribution in [2.75, 3.05) is 0 Å². The summed E-state index contributed by atoms with van der Waals surface area (Å²) in [6, 6.07) is 6.55. The Kier molecular flexibility index (Phi) is 3.04. The van der Waals surface area contributed by atoms with Crippen LogP contribution in [0.1, 0.15) is 48.9 Å². The lowest BCUT2D eigenvalue weighted by molar-refractivity contribution is 0.0697. The van der Waals surface area contributed by atoms with Gasteiger partial charge in [0.05, 0.1) is 5.56 Å².